The molecule has 4 heterocycles. The van der Waals surface area contributed by atoms with Gasteiger partial charge in [0.05, 0.1) is 28.7 Å². The Morgan fingerprint density at radius 3 is 2.90 bits per heavy atom. The molecule has 4 aromatic rings. The van der Waals surface area contributed by atoms with Crippen molar-refractivity contribution in [2.45, 2.75) is 25.7 Å². The van der Waals surface area contributed by atoms with Crippen LogP contribution in [0.15, 0.2) is 70.4 Å². The molecule has 1 aliphatic heterocycles. The molecule has 1 aromatic carbocycles. The minimum Gasteiger partial charge on any atom is -0.351 e. The lowest BCUT2D eigenvalue weighted by molar-refractivity contribution is 0.0937. The molecule has 154 valence electrons. The predicted octanol–water partition coefficient (Wildman–Crippen LogP) is 3.71. The fraction of sp³-hybridized carbons (Fsp3) is 0.174. The molecular weight excluding hydrogens is 394 g/mol. The molecule has 0 saturated carbocycles. The number of aromatic nitrogens is 3. The Kier molecular flexibility index (Phi) is 4.66. The van der Waals surface area contributed by atoms with E-state index < -0.39 is 5.91 Å². The molecule has 0 saturated heterocycles. The topological polar surface area (TPSA) is 102 Å². The highest BCUT2D eigenvalue weighted by atomic mass is 16.5. The van der Waals surface area contributed by atoms with Gasteiger partial charge >= 0.3 is 0 Å². The molecular formula is C23H19N5O3. The number of pyridine rings is 1. The summed E-state index contributed by atoms with van der Waals surface area (Å²) in [6, 6.07) is 14.9. The minimum atomic E-state index is -0.411. The first kappa shape index (κ1) is 18.9. The number of amidine groups is 1. The van der Waals surface area contributed by atoms with E-state index in [4.69, 9.17) is 4.52 Å². The number of nitrogens with zero attached hydrogens (tertiary/aromatic N) is 4. The summed E-state index contributed by atoms with van der Waals surface area (Å²) in [6.45, 7) is 1.88. The third kappa shape index (κ3) is 3.63. The van der Waals surface area contributed by atoms with Crippen molar-refractivity contribution in [2.75, 3.05) is 0 Å². The number of rotatable bonds is 5. The van der Waals surface area contributed by atoms with Gasteiger partial charge in [0.15, 0.2) is 5.78 Å². The summed E-state index contributed by atoms with van der Waals surface area (Å²) >= 11 is 0. The van der Waals surface area contributed by atoms with Gasteiger partial charge in [-0.05, 0) is 23.8 Å². The number of carbonyl (C=O) groups excluding carboxylic acids is 2. The van der Waals surface area contributed by atoms with Crippen molar-refractivity contribution in [3.63, 3.8) is 0 Å². The number of benzene rings is 1. The van der Waals surface area contributed by atoms with E-state index in [1.807, 2.05) is 49.4 Å². The van der Waals surface area contributed by atoms with E-state index in [0.29, 0.717) is 23.5 Å². The molecule has 31 heavy (non-hydrogen) atoms. The average Bonchev–Trinajstić information content (AvgIpc) is 3.50. The van der Waals surface area contributed by atoms with Crippen molar-refractivity contribution in [3.05, 3.63) is 83.5 Å². The number of hydrogen-bond acceptors (Lipinski definition) is 6. The van der Waals surface area contributed by atoms with Crippen LogP contribution in [0, 0.1) is 0 Å². The lowest BCUT2D eigenvalue weighted by Crippen LogP contribution is -2.30. The Bertz CT molecular complexity index is 1330. The van der Waals surface area contributed by atoms with Gasteiger partial charge in [-0.15, -0.1) is 0 Å². The first-order valence-electron chi connectivity index (χ1n) is 9.97. The van der Waals surface area contributed by atoms with Crippen LogP contribution in [0.1, 0.15) is 51.4 Å². The quantitative estimate of drug-likeness (QED) is 0.503. The van der Waals surface area contributed by atoms with Crippen molar-refractivity contribution < 1.29 is 14.1 Å². The number of hydrogen-bond donors (Lipinski definition) is 1. The third-order valence-electron chi connectivity index (χ3n) is 5.34. The monoisotopic (exact) mass is 413 g/mol. The van der Waals surface area contributed by atoms with E-state index in [1.165, 1.54) is 0 Å². The lowest BCUT2D eigenvalue weighted by atomic mass is 9.97. The van der Waals surface area contributed by atoms with Crippen molar-refractivity contribution in [3.8, 4) is 0 Å². The molecule has 1 N–H and O–H groups in total. The zero-order valence-corrected chi connectivity index (χ0v) is 16.8. The van der Waals surface area contributed by atoms with Crippen LogP contribution in [0.2, 0.25) is 0 Å². The highest BCUT2D eigenvalue weighted by Gasteiger charge is 2.23. The fourth-order valence-corrected chi connectivity index (χ4v) is 3.67. The summed E-state index contributed by atoms with van der Waals surface area (Å²) in [7, 11) is 0. The molecule has 0 spiro atoms. The Balaban J connectivity index is 1.25. The Morgan fingerprint density at radius 1 is 1.19 bits per heavy atom. The smallest absolute Gasteiger partial charge is 0.295 e. The van der Waals surface area contributed by atoms with Gasteiger partial charge in [-0.3, -0.25) is 9.59 Å². The van der Waals surface area contributed by atoms with Crippen molar-refractivity contribution in [2.24, 2.45) is 4.99 Å². The van der Waals surface area contributed by atoms with Crippen LogP contribution in [0.4, 0.5) is 5.69 Å². The number of aliphatic imine (C=N–C) groups is 1. The second-order valence-electron chi connectivity index (χ2n) is 7.55. The second kappa shape index (κ2) is 7.64. The van der Waals surface area contributed by atoms with Gasteiger partial charge in [0.2, 0.25) is 5.76 Å². The van der Waals surface area contributed by atoms with Gasteiger partial charge in [0, 0.05) is 31.0 Å². The van der Waals surface area contributed by atoms with Gasteiger partial charge in [0.25, 0.3) is 5.91 Å². The van der Waals surface area contributed by atoms with E-state index in [-0.39, 0.29) is 23.9 Å². The molecule has 0 bridgehead atoms. The van der Waals surface area contributed by atoms with E-state index in [1.54, 1.807) is 23.0 Å². The summed E-state index contributed by atoms with van der Waals surface area (Å²) in [4.78, 5) is 29.7. The maximum Gasteiger partial charge on any atom is 0.295 e. The number of fused-ring (bicyclic) bond motifs is 2. The van der Waals surface area contributed by atoms with Crippen LogP contribution in [0.25, 0.3) is 5.52 Å². The van der Waals surface area contributed by atoms with Crippen LogP contribution in [0.3, 0.4) is 0 Å². The largest absolute Gasteiger partial charge is 0.351 e. The number of carbonyl (C=O) groups is 2. The number of nitrogens with one attached hydrogen (secondary N) is 1. The molecule has 0 fully saturated rings. The molecule has 0 aliphatic carbocycles. The van der Waals surface area contributed by atoms with Crippen LogP contribution in [-0.4, -0.2) is 32.3 Å². The van der Waals surface area contributed by atoms with E-state index in [2.05, 4.69) is 20.6 Å². The Labute approximate surface area is 177 Å². The maximum atomic E-state index is 12.8. The SMILES string of the molecule is C[C@@H](CC(=O)c1cnn2ccccc12)c1cc(C(=O)NC2=Nc3ccccc3C2)on1. The molecule has 1 atom stereocenters. The summed E-state index contributed by atoms with van der Waals surface area (Å²) < 4.78 is 6.90. The van der Waals surface area contributed by atoms with E-state index in [0.717, 1.165) is 16.8 Å². The van der Waals surface area contributed by atoms with Crippen molar-refractivity contribution in [1.82, 2.24) is 20.1 Å². The number of para-hydroxylation sites is 1. The van der Waals surface area contributed by atoms with E-state index in [9.17, 15) is 9.59 Å². The van der Waals surface area contributed by atoms with Crippen LogP contribution < -0.4 is 5.32 Å². The summed E-state index contributed by atoms with van der Waals surface area (Å²) in [6.07, 6.45) is 4.16. The van der Waals surface area contributed by atoms with Crippen LogP contribution in [0.5, 0.6) is 0 Å². The van der Waals surface area contributed by atoms with Crippen LogP contribution in [-0.2, 0) is 6.42 Å². The zero-order valence-electron chi connectivity index (χ0n) is 16.8. The molecule has 8 nitrogen and oxygen atoms in total. The minimum absolute atomic E-state index is 0.0409. The number of Topliss-reactive ketones (excluding diaryl/α,β-unsaturated/α-hetero) is 1. The molecule has 0 radical (unpaired) electrons. The average molecular weight is 413 g/mol. The maximum absolute atomic E-state index is 12.8. The van der Waals surface area contributed by atoms with Gasteiger partial charge < -0.3 is 9.84 Å². The second-order valence-corrected chi connectivity index (χ2v) is 7.55. The standard InChI is InChI=1S/C23H19N5O3/c1-14(10-20(29)16-13-24-28-9-5-4-8-19(16)28)18-12-21(31-27-18)23(30)26-22-11-15-6-2-3-7-17(15)25-22/h2-9,12-14H,10-11H2,1H3,(H,25,26,30)/t14-/m0/s1. The highest BCUT2D eigenvalue weighted by molar-refractivity contribution is 6.08. The zero-order chi connectivity index (χ0) is 21.4. The molecule has 5 rings (SSSR count). The summed E-state index contributed by atoms with van der Waals surface area (Å²) in [5.74, 6) is -0.0128. The number of ketones is 1. The fourth-order valence-electron chi connectivity index (χ4n) is 3.67. The van der Waals surface area contributed by atoms with Crippen molar-refractivity contribution in [1.29, 1.82) is 0 Å². The molecule has 3 aromatic heterocycles. The molecule has 1 amide bonds. The first-order valence-corrected chi connectivity index (χ1v) is 9.97. The highest BCUT2D eigenvalue weighted by Crippen LogP contribution is 2.26. The molecule has 0 unspecified atom stereocenters. The molecule has 8 heteroatoms. The van der Waals surface area contributed by atoms with Gasteiger partial charge in [0.1, 0.15) is 5.84 Å². The normalized spacial score (nSPS) is 13.6. The van der Waals surface area contributed by atoms with Crippen LogP contribution >= 0.6 is 0 Å². The first-order chi connectivity index (χ1) is 15.1. The van der Waals surface area contributed by atoms with Crippen molar-refractivity contribution >= 4 is 28.7 Å². The van der Waals surface area contributed by atoms with Gasteiger partial charge in [-0.25, -0.2) is 9.51 Å². The van der Waals surface area contributed by atoms with Gasteiger partial charge in [-0.2, -0.15) is 5.10 Å². The summed E-state index contributed by atoms with van der Waals surface area (Å²) in [5, 5.41) is 11.0. The number of amides is 1. The molecule has 1 aliphatic rings. The Hall–Kier alpha value is -4.07. The summed E-state index contributed by atoms with van der Waals surface area (Å²) in [5.41, 5.74) is 3.80. The Morgan fingerprint density at radius 2 is 2.03 bits per heavy atom. The lowest BCUT2D eigenvalue weighted by Gasteiger charge is -2.06. The third-order valence-corrected chi connectivity index (χ3v) is 5.34. The van der Waals surface area contributed by atoms with Gasteiger partial charge in [-0.1, -0.05) is 36.3 Å². The predicted molar refractivity (Wildman–Crippen MR) is 114 cm³/mol. The van der Waals surface area contributed by atoms with E-state index >= 15 is 0 Å².